The van der Waals surface area contributed by atoms with E-state index in [1.165, 1.54) is 0 Å². The summed E-state index contributed by atoms with van der Waals surface area (Å²) in [6.45, 7) is 18.5. The molecule has 0 radical (unpaired) electrons. The largest absolute Gasteiger partial charge is 0.374 e. The Morgan fingerprint density at radius 1 is 1.32 bits per heavy atom. The number of ether oxygens (including phenoxy) is 1. The van der Waals surface area contributed by atoms with E-state index in [-0.39, 0.29) is 0 Å². The summed E-state index contributed by atoms with van der Waals surface area (Å²) >= 11 is 0. The number of hydrogen-bond donors (Lipinski definition) is 1. The molecule has 0 saturated carbocycles. The minimum Gasteiger partial charge on any atom is -0.374 e. The molecule has 1 rings (SSSR count). The summed E-state index contributed by atoms with van der Waals surface area (Å²) in [5.74, 6) is 0. The van der Waals surface area contributed by atoms with Crippen LogP contribution in [0, 0.1) is 0 Å². The van der Waals surface area contributed by atoms with Crippen LogP contribution in [0.1, 0.15) is 34.6 Å². The van der Waals surface area contributed by atoms with Crippen molar-refractivity contribution in [2.45, 2.75) is 52.8 Å². The number of nitrogens with one attached hydrogen (secondary N) is 1. The fraction of sp³-hybridized carbons (Fsp3) is 1.00. The molecule has 1 N–H and O–H groups in total. The Hall–Kier alpha value is -0.160. The highest BCUT2D eigenvalue weighted by atomic mass is 16.5. The molecule has 0 spiro atoms. The highest BCUT2D eigenvalue weighted by Crippen LogP contribution is 2.10. The van der Waals surface area contributed by atoms with Gasteiger partial charge in [-0.2, -0.15) is 0 Å². The van der Waals surface area contributed by atoms with Crippen LogP contribution >= 0.6 is 0 Å². The van der Waals surface area contributed by atoms with Crippen molar-refractivity contribution in [1.29, 1.82) is 0 Å². The van der Waals surface area contributed by atoms with Crippen LogP contribution in [0.15, 0.2) is 0 Å². The number of nitrogens with zero attached hydrogens (tertiary/aromatic N) is 2. The third-order valence-electron chi connectivity index (χ3n) is 3.79. The number of hydrogen-bond acceptors (Lipinski definition) is 4. The van der Waals surface area contributed by atoms with Crippen molar-refractivity contribution in [2.75, 3.05) is 45.9 Å². The maximum absolute atomic E-state index is 5.91. The lowest BCUT2D eigenvalue weighted by Gasteiger charge is -2.37. The molecule has 0 amide bonds. The van der Waals surface area contributed by atoms with Gasteiger partial charge in [0.05, 0.1) is 12.7 Å². The topological polar surface area (TPSA) is 27.7 Å². The van der Waals surface area contributed by atoms with E-state index < -0.39 is 0 Å². The van der Waals surface area contributed by atoms with E-state index in [0.29, 0.717) is 18.2 Å². The van der Waals surface area contributed by atoms with E-state index in [1.54, 1.807) is 0 Å². The van der Waals surface area contributed by atoms with Gasteiger partial charge in [-0.3, -0.25) is 9.80 Å². The van der Waals surface area contributed by atoms with E-state index in [1.807, 2.05) is 0 Å². The lowest BCUT2D eigenvalue weighted by molar-refractivity contribution is -0.0515. The van der Waals surface area contributed by atoms with Gasteiger partial charge in [-0.15, -0.1) is 0 Å². The molecule has 0 aromatic heterocycles. The Balaban J connectivity index is 2.29. The second-order valence-electron chi connectivity index (χ2n) is 6.08. The average molecular weight is 271 g/mol. The summed E-state index contributed by atoms with van der Waals surface area (Å²) in [4.78, 5) is 5.01. The summed E-state index contributed by atoms with van der Waals surface area (Å²) in [6.07, 6.45) is 0.371. The zero-order valence-electron chi connectivity index (χ0n) is 13.5. The van der Waals surface area contributed by atoms with Crippen molar-refractivity contribution >= 4 is 0 Å². The average Bonchev–Trinajstić information content (AvgIpc) is 2.37. The van der Waals surface area contributed by atoms with Crippen LogP contribution in [0.25, 0.3) is 0 Å². The van der Waals surface area contributed by atoms with E-state index in [2.05, 4.69) is 49.7 Å². The second-order valence-corrected chi connectivity index (χ2v) is 6.08. The monoisotopic (exact) mass is 271 g/mol. The van der Waals surface area contributed by atoms with Gasteiger partial charge < -0.3 is 10.1 Å². The Morgan fingerprint density at radius 2 is 2.05 bits per heavy atom. The lowest BCUT2D eigenvalue weighted by Crippen LogP contribution is -2.50. The summed E-state index contributed by atoms with van der Waals surface area (Å²) in [5, 5.41) is 3.48. The molecule has 0 aromatic rings. The minimum atomic E-state index is 0.371. The van der Waals surface area contributed by atoms with E-state index >= 15 is 0 Å². The summed E-state index contributed by atoms with van der Waals surface area (Å²) in [6, 6.07) is 1.20. The number of morpholine rings is 1. The molecule has 19 heavy (non-hydrogen) atoms. The fourth-order valence-corrected chi connectivity index (χ4v) is 2.50. The molecular weight excluding hydrogens is 238 g/mol. The SMILES string of the molecule is CCN(CCNC(C)C)CC1CN(C(C)C)CCO1. The number of rotatable bonds is 8. The van der Waals surface area contributed by atoms with Gasteiger partial charge in [-0.25, -0.2) is 0 Å². The quantitative estimate of drug-likeness (QED) is 0.722. The van der Waals surface area contributed by atoms with Gasteiger partial charge in [0.25, 0.3) is 0 Å². The molecular formula is C15H33N3O. The predicted octanol–water partition coefficient (Wildman–Crippen LogP) is 1.42. The van der Waals surface area contributed by atoms with Crippen LogP contribution in [0.5, 0.6) is 0 Å². The van der Waals surface area contributed by atoms with Crippen LogP contribution in [-0.4, -0.2) is 73.9 Å². The number of likely N-dealkylation sites (N-methyl/N-ethyl adjacent to an activating group) is 1. The Kier molecular flexibility index (Phi) is 7.91. The highest BCUT2D eigenvalue weighted by molar-refractivity contribution is 4.77. The molecule has 0 aliphatic carbocycles. The third kappa shape index (κ3) is 6.70. The first-order valence-corrected chi connectivity index (χ1v) is 7.84. The predicted molar refractivity (Wildman–Crippen MR) is 81.7 cm³/mol. The summed E-state index contributed by atoms with van der Waals surface area (Å²) in [7, 11) is 0. The van der Waals surface area contributed by atoms with Gasteiger partial charge in [-0.1, -0.05) is 20.8 Å². The Morgan fingerprint density at radius 3 is 2.63 bits per heavy atom. The van der Waals surface area contributed by atoms with Gasteiger partial charge in [0.1, 0.15) is 0 Å². The molecule has 1 atom stereocenters. The zero-order valence-corrected chi connectivity index (χ0v) is 13.5. The zero-order chi connectivity index (χ0) is 14.3. The van der Waals surface area contributed by atoms with E-state index in [9.17, 15) is 0 Å². The van der Waals surface area contributed by atoms with Gasteiger partial charge >= 0.3 is 0 Å². The molecule has 1 fully saturated rings. The normalized spacial score (nSPS) is 21.8. The molecule has 1 heterocycles. The first-order chi connectivity index (χ1) is 9.02. The van der Waals surface area contributed by atoms with Crippen LogP contribution < -0.4 is 5.32 Å². The van der Waals surface area contributed by atoms with Gasteiger partial charge in [0.2, 0.25) is 0 Å². The minimum absolute atomic E-state index is 0.371. The first kappa shape index (κ1) is 16.9. The van der Waals surface area contributed by atoms with Crippen LogP contribution in [0.3, 0.4) is 0 Å². The molecule has 0 aromatic carbocycles. The summed E-state index contributed by atoms with van der Waals surface area (Å²) < 4.78 is 5.91. The van der Waals surface area contributed by atoms with Gasteiger partial charge in [0, 0.05) is 44.8 Å². The van der Waals surface area contributed by atoms with Crippen molar-refractivity contribution in [1.82, 2.24) is 15.1 Å². The van der Waals surface area contributed by atoms with Crippen LogP contribution in [-0.2, 0) is 4.74 Å². The van der Waals surface area contributed by atoms with Gasteiger partial charge in [-0.05, 0) is 20.4 Å². The summed E-state index contributed by atoms with van der Waals surface area (Å²) in [5.41, 5.74) is 0. The standard InChI is InChI=1S/C15H33N3O/c1-6-17(8-7-16-13(2)3)11-15-12-18(14(4)5)9-10-19-15/h13-16H,6-12H2,1-5H3. The Bertz CT molecular complexity index is 233. The molecule has 114 valence electrons. The third-order valence-corrected chi connectivity index (χ3v) is 3.79. The molecule has 1 unspecified atom stereocenters. The molecule has 4 heteroatoms. The van der Waals surface area contributed by atoms with E-state index in [4.69, 9.17) is 4.74 Å². The van der Waals surface area contributed by atoms with Gasteiger partial charge in [0.15, 0.2) is 0 Å². The first-order valence-electron chi connectivity index (χ1n) is 7.84. The smallest absolute Gasteiger partial charge is 0.0829 e. The maximum Gasteiger partial charge on any atom is 0.0829 e. The molecule has 4 nitrogen and oxygen atoms in total. The molecule has 1 saturated heterocycles. The molecule has 0 bridgehead atoms. The van der Waals surface area contributed by atoms with Crippen molar-refractivity contribution in [3.8, 4) is 0 Å². The second kappa shape index (κ2) is 8.90. The fourth-order valence-electron chi connectivity index (χ4n) is 2.50. The highest BCUT2D eigenvalue weighted by Gasteiger charge is 2.23. The van der Waals surface area contributed by atoms with Crippen LogP contribution in [0.2, 0.25) is 0 Å². The lowest BCUT2D eigenvalue weighted by atomic mass is 10.2. The van der Waals surface area contributed by atoms with Crippen molar-refractivity contribution in [3.63, 3.8) is 0 Å². The Labute approximate surface area is 119 Å². The molecule has 1 aliphatic heterocycles. The van der Waals surface area contributed by atoms with Crippen molar-refractivity contribution < 1.29 is 4.74 Å². The van der Waals surface area contributed by atoms with E-state index in [0.717, 1.165) is 45.9 Å². The van der Waals surface area contributed by atoms with Crippen molar-refractivity contribution in [3.05, 3.63) is 0 Å². The van der Waals surface area contributed by atoms with Crippen LogP contribution in [0.4, 0.5) is 0 Å². The molecule has 1 aliphatic rings. The van der Waals surface area contributed by atoms with Crippen molar-refractivity contribution in [2.24, 2.45) is 0 Å². The maximum atomic E-state index is 5.91.